The number of rotatable bonds is 6. The standard InChI is InChI=1S/C16H21N3O2/c1-4-19-12(2)11-14(18-19)16(20)17-10-9-13-7-5-6-8-15(13)21-3/h5-8,11H,4,9-10H2,1-3H3,(H,17,20). The van der Waals surface area contributed by atoms with Gasteiger partial charge < -0.3 is 10.1 Å². The van der Waals surface area contributed by atoms with Crippen LogP contribution in [0.25, 0.3) is 0 Å². The normalized spacial score (nSPS) is 10.4. The smallest absolute Gasteiger partial charge is 0.271 e. The zero-order valence-corrected chi connectivity index (χ0v) is 12.7. The second-order valence-electron chi connectivity index (χ2n) is 4.80. The number of methoxy groups -OCH3 is 1. The lowest BCUT2D eigenvalue weighted by Crippen LogP contribution is -2.26. The van der Waals surface area contributed by atoms with Gasteiger partial charge in [0.2, 0.25) is 0 Å². The number of aryl methyl sites for hydroxylation is 2. The molecule has 1 aromatic carbocycles. The summed E-state index contributed by atoms with van der Waals surface area (Å²) < 4.78 is 7.11. The third-order valence-corrected chi connectivity index (χ3v) is 3.39. The topological polar surface area (TPSA) is 56.2 Å². The highest BCUT2D eigenvalue weighted by atomic mass is 16.5. The number of para-hydroxylation sites is 1. The fourth-order valence-corrected chi connectivity index (χ4v) is 2.25. The van der Waals surface area contributed by atoms with Gasteiger partial charge in [0, 0.05) is 18.8 Å². The number of nitrogens with zero attached hydrogens (tertiary/aromatic N) is 2. The Morgan fingerprint density at radius 2 is 2.14 bits per heavy atom. The number of hydrogen-bond donors (Lipinski definition) is 1. The molecule has 0 atom stereocenters. The van der Waals surface area contributed by atoms with Crippen LogP contribution < -0.4 is 10.1 Å². The van der Waals surface area contributed by atoms with Gasteiger partial charge in [-0.1, -0.05) is 18.2 Å². The molecule has 0 unspecified atom stereocenters. The van der Waals surface area contributed by atoms with E-state index < -0.39 is 0 Å². The molecule has 0 saturated heterocycles. The number of benzene rings is 1. The van der Waals surface area contributed by atoms with E-state index in [1.54, 1.807) is 7.11 Å². The summed E-state index contributed by atoms with van der Waals surface area (Å²) in [6.45, 7) is 5.27. The van der Waals surface area contributed by atoms with Crippen molar-refractivity contribution in [2.75, 3.05) is 13.7 Å². The fraction of sp³-hybridized carbons (Fsp3) is 0.375. The van der Waals surface area contributed by atoms with Gasteiger partial charge in [0.05, 0.1) is 7.11 Å². The van der Waals surface area contributed by atoms with E-state index >= 15 is 0 Å². The van der Waals surface area contributed by atoms with Crippen LogP contribution in [0.5, 0.6) is 5.75 Å². The maximum absolute atomic E-state index is 12.1. The molecule has 1 aromatic heterocycles. The van der Waals surface area contributed by atoms with Crippen molar-refractivity contribution >= 4 is 5.91 Å². The van der Waals surface area contributed by atoms with Crippen LogP contribution in [0.2, 0.25) is 0 Å². The molecule has 1 heterocycles. The molecule has 0 aliphatic carbocycles. The van der Waals surface area contributed by atoms with Crippen molar-refractivity contribution in [3.05, 3.63) is 47.3 Å². The molecule has 5 nitrogen and oxygen atoms in total. The monoisotopic (exact) mass is 287 g/mol. The number of amides is 1. The summed E-state index contributed by atoms with van der Waals surface area (Å²) in [5, 5.41) is 7.16. The first-order chi connectivity index (χ1) is 10.2. The highest BCUT2D eigenvalue weighted by Gasteiger charge is 2.11. The van der Waals surface area contributed by atoms with Gasteiger partial charge in [0.25, 0.3) is 5.91 Å². The lowest BCUT2D eigenvalue weighted by molar-refractivity contribution is 0.0948. The van der Waals surface area contributed by atoms with E-state index in [9.17, 15) is 4.79 Å². The Morgan fingerprint density at radius 3 is 2.81 bits per heavy atom. The summed E-state index contributed by atoms with van der Waals surface area (Å²) in [5.41, 5.74) is 2.54. The Kier molecular flexibility index (Phi) is 4.98. The summed E-state index contributed by atoms with van der Waals surface area (Å²) in [6.07, 6.45) is 0.725. The van der Waals surface area contributed by atoms with Crippen molar-refractivity contribution in [1.82, 2.24) is 15.1 Å². The quantitative estimate of drug-likeness (QED) is 0.886. The lowest BCUT2D eigenvalue weighted by Gasteiger charge is -2.08. The van der Waals surface area contributed by atoms with Gasteiger partial charge >= 0.3 is 0 Å². The van der Waals surface area contributed by atoms with Crippen molar-refractivity contribution < 1.29 is 9.53 Å². The molecule has 2 aromatic rings. The maximum atomic E-state index is 12.1. The highest BCUT2D eigenvalue weighted by molar-refractivity contribution is 5.92. The van der Waals surface area contributed by atoms with Gasteiger partial charge in [0.1, 0.15) is 11.4 Å². The number of hydrogen-bond acceptors (Lipinski definition) is 3. The van der Waals surface area contributed by atoms with Crippen molar-refractivity contribution in [3.63, 3.8) is 0 Å². The summed E-state index contributed by atoms with van der Waals surface area (Å²) in [6, 6.07) is 9.62. The molecule has 1 N–H and O–H groups in total. The third kappa shape index (κ3) is 3.62. The van der Waals surface area contributed by atoms with Crippen molar-refractivity contribution in [3.8, 4) is 5.75 Å². The van der Waals surface area contributed by atoms with Crippen LogP contribution in [0.4, 0.5) is 0 Å². The summed E-state index contributed by atoms with van der Waals surface area (Å²) >= 11 is 0. The number of nitrogens with one attached hydrogen (secondary N) is 1. The predicted molar refractivity (Wildman–Crippen MR) is 81.7 cm³/mol. The molecule has 0 aliphatic heterocycles. The van der Waals surface area contributed by atoms with Crippen molar-refractivity contribution in [2.24, 2.45) is 0 Å². The Labute approximate surface area is 124 Å². The first-order valence-corrected chi connectivity index (χ1v) is 7.10. The van der Waals surface area contributed by atoms with E-state index in [-0.39, 0.29) is 5.91 Å². The van der Waals surface area contributed by atoms with Crippen LogP contribution in [0, 0.1) is 6.92 Å². The second kappa shape index (κ2) is 6.92. The molecule has 112 valence electrons. The van der Waals surface area contributed by atoms with E-state index in [1.165, 1.54) is 0 Å². The molecule has 0 fully saturated rings. The molecule has 0 radical (unpaired) electrons. The molecule has 5 heteroatoms. The molecule has 0 saturated carbocycles. The molecular formula is C16H21N3O2. The van der Waals surface area contributed by atoms with Crippen molar-refractivity contribution in [1.29, 1.82) is 0 Å². The van der Waals surface area contributed by atoms with Crippen molar-refractivity contribution in [2.45, 2.75) is 26.8 Å². The predicted octanol–water partition coefficient (Wildman–Crippen LogP) is 2.19. The summed E-state index contributed by atoms with van der Waals surface area (Å²) in [7, 11) is 1.65. The minimum atomic E-state index is -0.139. The van der Waals surface area contributed by atoms with Gasteiger partial charge in [-0.3, -0.25) is 9.48 Å². The largest absolute Gasteiger partial charge is 0.496 e. The number of carbonyl (C=O) groups excluding carboxylic acids is 1. The molecule has 1 amide bonds. The minimum Gasteiger partial charge on any atom is -0.496 e. The molecular weight excluding hydrogens is 266 g/mol. The zero-order chi connectivity index (χ0) is 15.2. The Bertz CT molecular complexity index is 620. The third-order valence-electron chi connectivity index (χ3n) is 3.39. The average molecular weight is 287 g/mol. The molecule has 0 aliphatic rings. The molecule has 0 spiro atoms. The first-order valence-electron chi connectivity index (χ1n) is 7.10. The number of aromatic nitrogens is 2. The second-order valence-corrected chi connectivity index (χ2v) is 4.80. The van der Waals surface area contributed by atoms with Crippen LogP contribution in [-0.4, -0.2) is 29.3 Å². The van der Waals surface area contributed by atoms with Gasteiger partial charge in [0.15, 0.2) is 0 Å². The van der Waals surface area contributed by atoms with E-state index in [1.807, 2.05) is 48.9 Å². The number of ether oxygens (including phenoxy) is 1. The van der Waals surface area contributed by atoms with Crippen LogP contribution in [0.15, 0.2) is 30.3 Å². The van der Waals surface area contributed by atoms with Crippen LogP contribution in [0.1, 0.15) is 28.7 Å². The van der Waals surface area contributed by atoms with Gasteiger partial charge in [-0.15, -0.1) is 0 Å². The Hall–Kier alpha value is -2.30. The Balaban J connectivity index is 1.92. The lowest BCUT2D eigenvalue weighted by atomic mass is 10.1. The van der Waals surface area contributed by atoms with E-state index in [2.05, 4.69) is 10.4 Å². The average Bonchev–Trinajstić information content (AvgIpc) is 2.89. The molecule has 0 bridgehead atoms. The SMILES string of the molecule is CCn1nc(C(=O)NCCc2ccccc2OC)cc1C. The van der Waals surface area contributed by atoms with E-state index in [4.69, 9.17) is 4.74 Å². The van der Waals surface area contributed by atoms with Gasteiger partial charge in [-0.25, -0.2) is 0 Å². The summed E-state index contributed by atoms with van der Waals surface area (Å²) in [4.78, 5) is 12.1. The Morgan fingerprint density at radius 1 is 1.38 bits per heavy atom. The van der Waals surface area contributed by atoms with Gasteiger partial charge in [-0.05, 0) is 38.0 Å². The van der Waals surface area contributed by atoms with Crippen LogP contribution in [0.3, 0.4) is 0 Å². The zero-order valence-electron chi connectivity index (χ0n) is 12.7. The fourth-order valence-electron chi connectivity index (χ4n) is 2.25. The van der Waals surface area contributed by atoms with Crippen LogP contribution in [-0.2, 0) is 13.0 Å². The minimum absolute atomic E-state index is 0.139. The first kappa shape index (κ1) is 15.1. The van der Waals surface area contributed by atoms with E-state index in [0.717, 1.165) is 30.0 Å². The van der Waals surface area contributed by atoms with Gasteiger partial charge in [-0.2, -0.15) is 5.10 Å². The van der Waals surface area contributed by atoms with Crippen LogP contribution >= 0.6 is 0 Å². The molecule has 2 rings (SSSR count). The van der Waals surface area contributed by atoms with E-state index in [0.29, 0.717) is 12.2 Å². The number of carbonyl (C=O) groups is 1. The maximum Gasteiger partial charge on any atom is 0.271 e. The highest BCUT2D eigenvalue weighted by Crippen LogP contribution is 2.17. The molecule has 21 heavy (non-hydrogen) atoms. The summed E-state index contributed by atoms with van der Waals surface area (Å²) in [5.74, 6) is 0.707.